The highest BCUT2D eigenvalue weighted by molar-refractivity contribution is 9.12. The predicted octanol–water partition coefficient (Wildman–Crippen LogP) is 2.22. The third kappa shape index (κ3) is 1.70. The molecule has 0 spiro atoms. The van der Waals surface area contributed by atoms with Crippen LogP contribution in [0.1, 0.15) is 0 Å². The van der Waals surface area contributed by atoms with Gasteiger partial charge in [0.1, 0.15) is 0 Å². The Bertz CT molecular complexity index is 493. The van der Waals surface area contributed by atoms with E-state index in [0.29, 0.717) is 32.6 Å². The van der Waals surface area contributed by atoms with Gasteiger partial charge in [-0.3, -0.25) is 0 Å². The van der Waals surface area contributed by atoms with Gasteiger partial charge in [-0.05, 0) is 11.8 Å². The van der Waals surface area contributed by atoms with E-state index in [-0.39, 0.29) is 11.8 Å². The number of ether oxygens (including phenoxy) is 2. The standard InChI is InChI=1S/C14H14Br2O4/c1-19-13(17)9-5-3-4-6(10(9)14(18)20-2)8-7(5)11(15)12(8)16/h3-8,11-12H,1-2H3/t5-,6+,7-,8-,11+,12-/m1/s1. The molecule has 0 radical (unpaired) electrons. The summed E-state index contributed by atoms with van der Waals surface area (Å²) in [5, 5.41) is 0. The first-order valence-corrected chi connectivity index (χ1v) is 8.23. The van der Waals surface area contributed by atoms with Crippen molar-refractivity contribution in [3.8, 4) is 0 Å². The lowest BCUT2D eigenvalue weighted by atomic mass is 9.51. The molecule has 0 amide bonds. The van der Waals surface area contributed by atoms with E-state index in [2.05, 4.69) is 31.9 Å². The second-order valence-corrected chi connectivity index (χ2v) is 7.41. The first-order valence-electron chi connectivity index (χ1n) is 6.40. The van der Waals surface area contributed by atoms with Crippen molar-refractivity contribution >= 4 is 43.8 Å². The smallest absolute Gasteiger partial charge is 0.334 e. The maximum Gasteiger partial charge on any atom is 0.334 e. The molecule has 0 aromatic heterocycles. The average molecular weight is 406 g/mol. The monoisotopic (exact) mass is 404 g/mol. The molecule has 4 aliphatic rings. The number of halogens is 2. The van der Waals surface area contributed by atoms with Crippen LogP contribution in [0.25, 0.3) is 0 Å². The quantitative estimate of drug-likeness (QED) is 0.401. The van der Waals surface area contributed by atoms with Crippen molar-refractivity contribution < 1.29 is 19.1 Å². The van der Waals surface area contributed by atoms with Gasteiger partial charge in [0.05, 0.1) is 25.4 Å². The van der Waals surface area contributed by atoms with Crippen LogP contribution in [-0.2, 0) is 19.1 Å². The minimum absolute atomic E-state index is 0.0790. The van der Waals surface area contributed by atoms with Crippen LogP contribution in [0.5, 0.6) is 0 Å². The Labute approximate surface area is 133 Å². The van der Waals surface area contributed by atoms with Crippen LogP contribution in [-0.4, -0.2) is 35.8 Å². The Balaban J connectivity index is 2.11. The summed E-state index contributed by atoms with van der Waals surface area (Å²) in [6.45, 7) is 0. The number of esters is 2. The molecule has 0 aromatic carbocycles. The number of hydrogen-bond donors (Lipinski definition) is 0. The molecular weight excluding hydrogens is 392 g/mol. The second-order valence-electron chi connectivity index (χ2n) is 5.29. The van der Waals surface area contributed by atoms with Crippen molar-refractivity contribution in [3.05, 3.63) is 23.3 Å². The maximum atomic E-state index is 12.1. The van der Waals surface area contributed by atoms with Crippen LogP contribution < -0.4 is 0 Å². The molecule has 2 bridgehead atoms. The van der Waals surface area contributed by atoms with Crippen molar-refractivity contribution in [2.24, 2.45) is 23.7 Å². The highest BCUT2D eigenvalue weighted by atomic mass is 79.9. The van der Waals surface area contributed by atoms with Gasteiger partial charge in [0.25, 0.3) is 0 Å². The Morgan fingerprint density at radius 1 is 0.900 bits per heavy atom. The van der Waals surface area contributed by atoms with Gasteiger partial charge >= 0.3 is 11.9 Å². The zero-order valence-electron chi connectivity index (χ0n) is 11.0. The van der Waals surface area contributed by atoms with Crippen molar-refractivity contribution in [2.75, 3.05) is 14.2 Å². The number of methoxy groups -OCH3 is 2. The number of alkyl halides is 2. The van der Waals surface area contributed by atoms with Crippen molar-refractivity contribution in [2.45, 2.75) is 9.65 Å². The molecule has 1 fully saturated rings. The maximum absolute atomic E-state index is 12.1. The molecule has 4 aliphatic carbocycles. The van der Waals surface area contributed by atoms with E-state index >= 15 is 0 Å². The van der Waals surface area contributed by atoms with Gasteiger partial charge in [0.2, 0.25) is 0 Å². The molecule has 6 atom stereocenters. The summed E-state index contributed by atoms with van der Waals surface area (Å²) >= 11 is 7.34. The lowest BCUT2D eigenvalue weighted by Crippen LogP contribution is -2.60. The third-order valence-electron chi connectivity index (χ3n) is 4.61. The minimum atomic E-state index is -0.430. The highest BCUT2D eigenvalue weighted by Crippen LogP contribution is 2.61. The topological polar surface area (TPSA) is 52.6 Å². The van der Waals surface area contributed by atoms with Crippen molar-refractivity contribution in [1.29, 1.82) is 0 Å². The Morgan fingerprint density at radius 3 is 1.55 bits per heavy atom. The SMILES string of the molecule is COC(=O)C1=C(C(=O)OC)[C@@H]2C=C[C@H]1[C@H]1[C@@H](Br)[C@@H](Br)[C@@H]12. The number of rotatable bonds is 2. The van der Waals surface area contributed by atoms with Crippen LogP contribution in [0.15, 0.2) is 23.3 Å². The van der Waals surface area contributed by atoms with E-state index in [4.69, 9.17) is 9.47 Å². The fourth-order valence-electron chi connectivity index (χ4n) is 3.72. The molecule has 0 heterocycles. The molecule has 4 nitrogen and oxygen atoms in total. The Kier molecular flexibility index (Phi) is 3.57. The number of carbonyl (C=O) groups is 2. The lowest BCUT2D eigenvalue weighted by molar-refractivity contribution is -0.141. The molecule has 0 aliphatic heterocycles. The summed E-state index contributed by atoms with van der Waals surface area (Å²) < 4.78 is 9.74. The molecular formula is C14H14Br2O4. The normalized spacial score (nSPS) is 41.0. The molecule has 108 valence electrons. The van der Waals surface area contributed by atoms with Gasteiger partial charge in [-0.1, -0.05) is 44.0 Å². The van der Waals surface area contributed by atoms with Crippen molar-refractivity contribution in [1.82, 2.24) is 0 Å². The molecule has 20 heavy (non-hydrogen) atoms. The minimum Gasteiger partial charge on any atom is -0.466 e. The Morgan fingerprint density at radius 2 is 1.25 bits per heavy atom. The van der Waals surface area contributed by atoms with E-state index < -0.39 is 11.9 Å². The van der Waals surface area contributed by atoms with E-state index in [1.54, 1.807) is 0 Å². The number of allylic oxidation sites excluding steroid dienone is 2. The van der Waals surface area contributed by atoms with E-state index in [1.165, 1.54) is 14.2 Å². The third-order valence-corrected chi connectivity index (χ3v) is 7.68. The van der Waals surface area contributed by atoms with Gasteiger partial charge in [-0.2, -0.15) is 0 Å². The summed E-state index contributed by atoms with van der Waals surface area (Å²) in [6.07, 6.45) is 4.05. The van der Waals surface area contributed by atoms with Crippen LogP contribution >= 0.6 is 31.9 Å². The molecule has 0 saturated heterocycles. The van der Waals surface area contributed by atoms with E-state index in [1.807, 2.05) is 12.2 Å². The van der Waals surface area contributed by atoms with E-state index in [0.717, 1.165) is 0 Å². The first kappa shape index (κ1) is 14.3. The zero-order valence-corrected chi connectivity index (χ0v) is 14.2. The molecule has 1 saturated carbocycles. The fraction of sp³-hybridized carbons (Fsp3) is 0.571. The molecule has 0 unspecified atom stereocenters. The summed E-state index contributed by atoms with van der Waals surface area (Å²) in [5.41, 5.74) is 0.939. The van der Waals surface area contributed by atoms with Gasteiger partial charge in [-0.25, -0.2) is 9.59 Å². The molecule has 4 rings (SSSR count). The molecule has 0 N–H and O–H groups in total. The predicted molar refractivity (Wildman–Crippen MR) is 79.6 cm³/mol. The zero-order chi connectivity index (χ0) is 14.6. The van der Waals surface area contributed by atoms with Gasteiger partial charge in [0.15, 0.2) is 0 Å². The summed E-state index contributed by atoms with van der Waals surface area (Å²) in [4.78, 5) is 24.8. The number of carbonyl (C=O) groups excluding carboxylic acids is 2. The van der Waals surface area contributed by atoms with Crippen LogP contribution in [0, 0.1) is 23.7 Å². The molecule has 6 heteroatoms. The Hall–Kier alpha value is -0.620. The summed E-state index contributed by atoms with van der Waals surface area (Å²) in [7, 11) is 2.68. The average Bonchev–Trinajstić information content (AvgIpc) is 2.50. The lowest BCUT2D eigenvalue weighted by Gasteiger charge is -2.58. The van der Waals surface area contributed by atoms with Crippen LogP contribution in [0.4, 0.5) is 0 Å². The fourth-order valence-corrected chi connectivity index (χ4v) is 5.79. The van der Waals surface area contributed by atoms with Gasteiger partial charge in [0, 0.05) is 21.5 Å². The number of hydrogen-bond acceptors (Lipinski definition) is 4. The summed E-state index contributed by atoms with van der Waals surface area (Å²) in [5.74, 6) is -0.384. The van der Waals surface area contributed by atoms with Crippen LogP contribution in [0.2, 0.25) is 0 Å². The largest absolute Gasteiger partial charge is 0.466 e. The summed E-state index contributed by atoms with van der Waals surface area (Å²) in [6, 6.07) is 0. The molecule has 0 aromatic rings. The van der Waals surface area contributed by atoms with Gasteiger partial charge in [-0.15, -0.1) is 0 Å². The van der Waals surface area contributed by atoms with Gasteiger partial charge < -0.3 is 9.47 Å². The second kappa shape index (κ2) is 4.98. The first-order chi connectivity index (χ1) is 9.52. The highest BCUT2D eigenvalue weighted by Gasteiger charge is 2.61. The van der Waals surface area contributed by atoms with E-state index in [9.17, 15) is 9.59 Å². The van der Waals surface area contributed by atoms with Crippen LogP contribution in [0.3, 0.4) is 0 Å². The van der Waals surface area contributed by atoms with Crippen molar-refractivity contribution in [3.63, 3.8) is 0 Å².